The summed E-state index contributed by atoms with van der Waals surface area (Å²) < 4.78 is 0. The van der Waals surface area contributed by atoms with E-state index in [0.29, 0.717) is 24.6 Å². The summed E-state index contributed by atoms with van der Waals surface area (Å²) in [5, 5.41) is 12.7. The van der Waals surface area contributed by atoms with E-state index in [1.165, 1.54) is 11.1 Å². The maximum Gasteiger partial charge on any atom is 0.255 e. The van der Waals surface area contributed by atoms with Crippen LogP contribution in [-0.2, 0) is 0 Å². The Hall–Kier alpha value is -2.33. The van der Waals surface area contributed by atoms with Gasteiger partial charge in [0, 0.05) is 25.4 Å². The molecule has 0 atom stereocenters. The third kappa shape index (κ3) is 3.85. The second-order valence-electron chi connectivity index (χ2n) is 6.84. The Balaban J connectivity index is 1.81. The number of para-hydroxylation sites is 1. The van der Waals surface area contributed by atoms with Crippen molar-refractivity contribution in [1.82, 2.24) is 4.90 Å². The highest BCUT2D eigenvalue weighted by Crippen LogP contribution is 2.27. The topological polar surface area (TPSA) is 52.6 Å². The molecule has 1 saturated heterocycles. The first kappa shape index (κ1) is 17.5. The second-order valence-corrected chi connectivity index (χ2v) is 6.84. The van der Waals surface area contributed by atoms with Crippen molar-refractivity contribution in [2.24, 2.45) is 5.92 Å². The van der Waals surface area contributed by atoms with Crippen molar-refractivity contribution in [2.45, 2.75) is 26.7 Å². The highest BCUT2D eigenvalue weighted by atomic mass is 16.3. The predicted octanol–water partition coefficient (Wildman–Crippen LogP) is 3.89. The molecular weight excluding hydrogens is 312 g/mol. The average molecular weight is 338 g/mol. The fourth-order valence-corrected chi connectivity index (χ4v) is 3.30. The Labute approximate surface area is 149 Å². The molecule has 1 fully saturated rings. The Morgan fingerprint density at radius 2 is 1.76 bits per heavy atom. The second kappa shape index (κ2) is 7.70. The number of nitrogens with one attached hydrogen (secondary N) is 1. The van der Waals surface area contributed by atoms with Gasteiger partial charge < -0.3 is 15.3 Å². The van der Waals surface area contributed by atoms with Gasteiger partial charge in [-0.25, -0.2) is 0 Å². The van der Waals surface area contributed by atoms with Crippen LogP contribution in [0, 0.1) is 19.8 Å². The summed E-state index contributed by atoms with van der Waals surface area (Å²) in [4.78, 5) is 14.9. The molecule has 0 aromatic heterocycles. The van der Waals surface area contributed by atoms with Crippen molar-refractivity contribution in [3.05, 3.63) is 59.2 Å². The molecule has 2 aromatic rings. The summed E-state index contributed by atoms with van der Waals surface area (Å²) in [6.07, 6.45) is 1.74. The van der Waals surface area contributed by atoms with Gasteiger partial charge in [-0.3, -0.25) is 4.79 Å². The van der Waals surface area contributed by atoms with Crippen molar-refractivity contribution in [1.29, 1.82) is 0 Å². The highest BCUT2D eigenvalue weighted by molar-refractivity contribution is 6.00. The van der Waals surface area contributed by atoms with Crippen molar-refractivity contribution in [3.63, 3.8) is 0 Å². The van der Waals surface area contributed by atoms with E-state index in [-0.39, 0.29) is 12.5 Å². The number of piperidine rings is 1. The number of benzene rings is 2. The number of amides is 1. The summed E-state index contributed by atoms with van der Waals surface area (Å²) >= 11 is 0. The molecule has 2 N–H and O–H groups in total. The number of likely N-dealkylation sites (tertiary alicyclic amines) is 1. The zero-order chi connectivity index (χ0) is 17.8. The third-order valence-corrected chi connectivity index (χ3v) is 5.19. The normalized spacial score (nSPS) is 15.2. The molecule has 0 radical (unpaired) electrons. The number of hydrogen-bond acceptors (Lipinski definition) is 3. The van der Waals surface area contributed by atoms with Gasteiger partial charge in [0.05, 0.1) is 11.3 Å². The molecule has 3 rings (SSSR count). The van der Waals surface area contributed by atoms with E-state index < -0.39 is 0 Å². The lowest BCUT2D eigenvalue weighted by Crippen LogP contribution is -2.39. The van der Waals surface area contributed by atoms with Crippen LogP contribution < -0.4 is 5.32 Å². The minimum Gasteiger partial charge on any atom is -0.396 e. The molecule has 4 nitrogen and oxygen atoms in total. The minimum absolute atomic E-state index is 0.0600. The van der Waals surface area contributed by atoms with Gasteiger partial charge in [0.1, 0.15) is 0 Å². The van der Waals surface area contributed by atoms with E-state index in [1.807, 2.05) is 41.3 Å². The first-order chi connectivity index (χ1) is 12.1. The number of anilines is 2. The molecule has 132 valence electrons. The molecule has 1 heterocycles. The molecule has 0 saturated carbocycles. The van der Waals surface area contributed by atoms with Gasteiger partial charge in [-0.1, -0.05) is 24.3 Å². The number of rotatable bonds is 4. The van der Waals surface area contributed by atoms with Crippen LogP contribution in [0.2, 0.25) is 0 Å². The summed E-state index contributed by atoms with van der Waals surface area (Å²) in [7, 11) is 0. The number of hydrogen-bond donors (Lipinski definition) is 2. The summed E-state index contributed by atoms with van der Waals surface area (Å²) in [6.45, 7) is 5.81. The fraction of sp³-hybridized carbons (Fsp3) is 0.381. The maximum atomic E-state index is 13.0. The maximum absolute atomic E-state index is 13.0. The Kier molecular flexibility index (Phi) is 5.39. The minimum atomic E-state index is 0.0600. The SMILES string of the molecule is Cc1cccc(Nc2ccccc2C(=O)N2CCC(CO)CC2)c1C. The van der Waals surface area contributed by atoms with E-state index in [2.05, 4.69) is 25.2 Å². The molecule has 0 bridgehead atoms. The Morgan fingerprint density at radius 3 is 2.48 bits per heavy atom. The van der Waals surface area contributed by atoms with Gasteiger partial charge >= 0.3 is 0 Å². The van der Waals surface area contributed by atoms with Gasteiger partial charge in [-0.15, -0.1) is 0 Å². The van der Waals surface area contributed by atoms with Crippen molar-refractivity contribution >= 4 is 17.3 Å². The van der Waals surface area contributed by atoms with E-state index in [9.17, 15) is 9.90 Å². The lowest BCUT2D eigenvalue weighted by Gasteiger charge is -2.31. The first-order valence-electron chi connectivity index (χ1n) is 8.92. The lowest BCUT2D eigenvalue weighted by atomic mass is 9.97. The van der Waals surface area contributed by atoms with Crippen molar-refractivity contribution < 1.29 is 9.90 Å². The highest BCUT2D eigenvalue weighted by Gasteiger charge is 2.24. The van der Waals surface area contributed by atoms with Crippen molar-refractivity contribution in [2.75, 3.05) is 25.0 Å². The van der Waals surface area contributed by atoms with Crippen LogP contribution in [-0.4, -0.2) is 35.6 Å². The number of nitrogens with zero attached hydrogens (tertiary/aromatic N) is 1. The van der Waals surface area contributed by atoms with Crippen LogP contribution >= 0.6 is 0 Å². The zero-order valence-electron chi connectivity index (χ0n) is 15.0. The summed E-state index contributed by atoms with van der Waals surface area (Å²) in [6, 6.07) is 13.8. The molecular formula is C21H26N2O2. The molecule has 4 heteroatoms. The summed E-state index contributed by atoms with van der Waals surface area (Å²) in [5.74, 6) is 0.386. The number of aliphatic hydroxyl groups excluding tert-OH is 1. The standard InChI is InChI=1S/C21H26N2O2/c1-15-6-5-9-19(16(15)2)22-20-8-4-3-7-18(20)21(25)23-12-10-17(14-24)11-13-23/h3-9,17,22,24H,10-14H2,1-2H3. The molecule has 2 aromatic carbocycles. The number of aryl methyl sites for hydroxylation is 1. The third-order valence-electron chi connectivity index (χ3n) is 5.19. The van der Waals surface area contributed by atoms with Gasteiger partial charge in [-0.05, 0) is 61.9 Å². The monoisotopic (exact) mass is 338 g/mol. The molecule has 0 unspecified atom stereocenters. The van der Waals surface area contributed by atoms with Gasteiger partial charge in [-0.2, -0.15) is 0 Å². The van der Waals surface area contributed by atoms with Crippen LogP contribution in [0.5, 0.6) is 0 Å². The van der Waals surface area contributed by atoms with Crippen LogP contribution in [0.15, 0.2) is 42.5 Å². The Morgan fingerprint density at radius 1 is 1.08 bits per heavy atom. The number of carbonyl (C=O) groups is 1. The van der Waals surface area contributed by atoms with E-state index in [0.717, 1.165) is 24.2 Å². The molecule has 0 spiro atoms. The quantitative estimate of drug-likeness (QED) is 0.889. The molecule has 1 amide bonds. The Bertz CT molecular complexity index is 749. The van der Waals surface area contributed by atoms with Crippen molar-refractivity contribution in [3.8, 4) is 0 Å². The molecule has 25 heavy (non-hydrogen) atoms. The molecule has 0 aliphatic carbocycles. The van der Waals surface area contributed by atoms with Crippen LogP contribution in [0.3, 0.4) is 0 Å². The largest absolute Gasteiger partial charge is 0.396 e. The molecule has 1 aliphatic rings. The van der Waals surface area contributed by atoms with E-state index in [4.69, 9.17) is 0 Å². The van der Waals surface area contributed by atoms with Crippen LogP contribution in [0.1, 0.15) is 34.3 Å². The van der Waals surface area contributed by atoms with Gasteiger partial charge in [0.2, 0.25) is 0 Å². The van der Waals surface area contributed by atoms with Gasteiger partial charge in [0.25, 0.3) is 5.91 Å². The zero-order valence-corrected chi connectivity index (χ0v) is 15.0. The van der Waals surface area contributed by atoms with Gasteiger partial charge in [0.15, 0.2) is 0 Å². The van der Waals surface area contributed by atoms with Crippen LogP contribution in [0.25, 0.3) is 0 Å². The summed E-state index contributed by atoms with van der Waals surface area (Å²) in [5.41, 5.74) is 4.98. The first-order valence-corrected chi connectivity index (χ1v) is 8.92. The van der Waals surface area contributed by atoms with Crippen LogP contribution in [0.4, 0.5) is 11.4 Å². The average Bonchev–Trinajstić information content (AvgIpc) is 2.65. The predicted molar refractivity (Wildman–Crippen MR) is 101 cm³/mol. The fourth-order valence-electron chi connectivity index (χ4n) is 3.30. The molecule has 1 aliphatic heterocycles. The van der Waals surface area contributed by atoms with E-state index >= 15 is 0 Å². The smallest absolute Gasteiger partial charge is 0.255 e. The number of aliphatic hydroxyl groups is 1. The number of carbonyl (C=O) groups excluding carboxylic acids is 1. The van der Waals surface area contributed by atoms with E-state index in [1.54, 1.807) is 0 Å². The lowest BCUT2D eigenvalue weighted by molar-refractivity contribution is 0.0652.